The second-order valence-electron chi connectivity index (χ2n) is 8.64. The Morgan fingerprint density at radius 2 is 2.09 bits per heavy atom. The molecule has 0 saturated heterocycles. The quantitative estimate of drug-likeness (QED) is 0.502. The number of imidazole rings is 1. The highest BCUT2D eigenvalue weighted by Gasteiger charge is 2.40. The molecule has 0 aliphatic carbocycles. The van der Waals surface area contributed by atoms with Gasteiger partial charge in [0.05, 0.1) is 17.7 Å². The van der Waals surface area contributed by atoms with Gasteiger partial charge in [0.1, 0.15) is 28.8 Å². The molecule has 4 heterocycles. The zero-order valence-electron chi connectivity index (χ0n) is 18.2. The van der Waals surface area contributed by atoms with Gasteiger partial charge in [-0.05, 0) is 45.9 Å². The summed E-state index contributed by atoms with van der Waals surface area (Å²) in [6, 6.07) is 3.73. The predicted octanol–water partition coefficient (Wildman–Crippen LogP) is 3.92. The summed E-state index contributed by atoms with van der Waals surface area (Å²) < 4.78 is 25.7. The van der Waals surface area contributed by atoms with E-state index in [1.807, 2.05) is 6.92 Å². The molecule has 0 spiro atoms. The summed E-state index contributed by atoms with van der Waals surface area (Å²) in [6.45, 7) is 6.99. The first-order valence-corrected chi connectivity index (χ1v) is 10.4. The highest BCUT2D eigenvalue weighted by molar-refractivity contribution is 5.93. The summed E-state index contributed by atoms with van der Waals surface area (Å²) >= 11 is 0. The maximum atomic E-state index is 13.9. The molecular weight excluding hydrogens is 415 g/mol. The van der Waals surface area contributed by atoms with Gasteiger partial charge in [-0.15, -0.1) is 0 Å². The third-order valence-corrected chi connectivity index (χ3v) is 5.88. The van der Waals surface area contributed by atoms with Crippen LogP contribution in [0.4, 0.5) is 4.39 Å². The molecule has 1 aliphatic heterocycles. The number of fused-ring (bicyclic) bond motifs is 2. The number of halogens is 1. The Morgan fingerprint density at radius 3 is 2.81 bits per heavy atom. The first-order valence-electron chi connectivity index (χ1n) is 10.4. The summed E-state index contributed by atoms with van der Waals surface area (Å²) in [7, 11) is 0. The largest absolute Gasteiger partial charge is 0.458 e. The fourth-order valence-corrected chi connectivity index (χ4v) is 4.22. The Balaban J connectivity index is 1.64. The van der Waals surface area contributed by atoms with Crippen LogP contribution < -0.4 is 0 Å². The molecule has 5 rings (SSSR count). The average Bonchev–Trinajstić information content (AvgIpc) is 3.44. The third-order valence-electron chi connectivity index (χ3n) is 5.88. The van der Waals surface area contributed by atoms with Crippen molar-refractivity contribution in [3.8, 4) is 0 Å². The number of H-pyrrole nitrogens is 1. The van der Waals surface area contributed by atoms with Crippen molar-refractivity contribution in [2.75, 3.05) is 6.54 Å². The van der Waals surface area contributed by atoms with Crippen molar-refractivity contribution >= 4 is 16.9 Å². The maximum absolute atomic E-state index is 13.9. The molecule has 0 fully saturated rings. The fraction of sp³-hybridized carbons (Fsp3) is 0.348. The van der Waals surface area contributed by atoms with Gasteiger partial charge in [0.25, 0.3) is 5.91 Å². The third kappa shape index (κ3) is 3.12. The standard InChI is InChI=1S/C23H23FN4O4/c1-11-14-9-13(24)5-6-16(14)31-19(11)18-17-15(25-10-26-17)7-8-28(18)21(29)20-12(2)27-22(32-20)23(3,4)30/h5-6,9-10,18,30H,7-8H2,1-4H3,(H,25,26)/t18-/m1/s1. The van der Waals surface area contributed by atoms with Crippen LogP contribution in [0.25, 0.3) is 11.0 Å². The minimum Gasteiger partial charge on any atom is -0.458 e. The molecule has 166 valence electrons. The number of oxazole rings is 1. The number of rotatable bonds is 3. The Labute approximate surface area is 183 Å². The van der Waals surface area contributed by atoms with Gasteiger partial charge in [-0.3, -0.25) is 4.79 Å². The van der Waals surface area contributed by atoms with Crippen LogP contribution in [-0.2, 0) is 12.0 Å². The van der Waals surface area contributed by atoms with Gasteiger partial charge in [-0.1, -0.05) is 0 Å². The predicted molar refractivity (Wildman–Crippen MR) is 113 cm³/mol. The monoisotopic (exact) mass is 438 g/mol. The van der Waals surface area contributed by atoms with Gasteiger partial charge in [-0.25, -0.2) is 14.4 Å². The van der Waals surface area contributed by atoms with E-state index in [0.717, 1.165) is 11.3 Å². The van der Waals surface area contributed by atoms with Gasteiger partial charge in [0, 0.05) is 29.6 Å². The smallest absolute Gasteiger partial charge is 0.292 e. The van der Waals surface area contributed by atoms with Crippen LogP contribution in [0.3, 0.4) is 0 Å². The van der Waals surface area contributed by atoms with Crippen LogP contribution >= 0.6 is 0 Å². The molecule has 1 atom stereocenters. The van der Waals surface area contributed by atoms with Crippen LogP contribution in [0.2, 0.25) is 0 Å². The van der Waals surface area contributed by atoms with Crippen LogP contribution in [-0.4, -0.2) is 37.4 Å². The number of carbonyl (C=O) groups is 1. The molecule has 2 N–H and O–H groups in total. The molecule has 0 saturated carbocycles. The van der Waals surface area contributed by atoms with Crippen molar-refractivity contribution in [2.45, 2.75) is 45.8 Å². The average molecular weight is 438 g/mol. The van der Waals surface area contributed by atoms with Crippen LogP contribution in [0.5, 0.6) is 0 Å². The van der Waals surface area contributed by atoms with Crippen LogP contribution in [0.15, 0.2) is 33.4 Å². The highest BCUT2D eigenvalue weighted by Crippen LogP contribution is 2.40. The number of aliphatic hydroxyl groups is 1. The zero-order valence-corrected chi connectivity index (χ0v) is 18.2. The molecule has 32 heavy (non-hydrogen) atoms. The lowest BCUT2D eigenvalue weighted by atomic mass is 9.97. The van der Waals surface area contributed by atoms with Crippen LogP contribution in [0.1, 0.15) is 64.7 Å². The van der Waals surface area contributed by atoms with Crippen molar-refractivity contribution in [1.29, 1.82) is 0 Å². The van der Waals surface area contributed by atoms with Gasteiger partial charge in [0.2, 0.25) is 11.7 Å². The van der Waals surface area contributed by atoms with Gasteiger partial charge in [0.15, 0.2) is 0 Å². The van der Waals surface area contributed by atoms with E-state index in [2.05, 4.69) is 15.0 Å². The number of nitrogens with zero attached hydrogens (tertiary/aromatic N) is 3. The maximum Gasteiger partial charge on any atom is 0.292 e. The lowest BCUT2D eigenvalue weighted by molar-refractivity contribution is 0.0437. The number of nitrogens with one attached hydrogen (secondary N) is 1. The summed E-state index contributed by atoms with van der Waals surface area (Å²) in [4.78, 5) is 27.1. The number of hydrogen-bond acceptors (Lipinski definition) is 6. The minimum atomic E-state index is -1.32. The lowest BCUT2D eigenvalue weighted by Gasteiger charge is -2.33. The zero-order chi connectivity index (χ0) is 22.8. The summed E-state index contributed by atoms with van der Waals surface area (Å²) in [5, 5.41) is 10.9. The van der Waals surface area contributed by atoms with Crippen molar-refractivity contribution in [2.24, 2.45) is 0 Å². The van der Waals surface area contributed by atoms with E-state index < -0.39 is 11.6 Å². The number of furan rings is 1. The first-order chi connectivity index (χ1) is 15.1. The van der Waals surface area contributed by atoms with E-state index in [0.29, 0.717) is 41.1 Å². The number of aromatic nitrogens is 3. The van der Waals surface area contributed by atoms with Crippen molar-refractivity contribution in [3.63, 3.8) is 0 Å². The topological polar surface area (TPSA) is 108 Å². The van der Waals surface area contributed by atoms with Crippen molar-refractivity contribution in [3.05, 3.63) is 70.4 Å². The van der Waals surface area contributed by atoms with E-state index in [4.69, 9.17) is 8.83 Å². The van der Waals surface area contributed by atoms with Crippen molar-refractivity contribution < 1.29 is 23.1 Å². The molecule has 1 aliphatic rings. The van der Waals surface area contributed by atoms with Crippen LogP contribution in [0, 0.1) is 19.7 Å². The number of aromatic amines is 1. The molecule has 0 unspecified atom stereocenters. The summed E-state index contributed by atoms with van der Waals surface area (Å²) in [5.41, 5.74) is 1.93. The van der Waals surface area contributed by atoms with E-state index >= 15 is 0 Å². The Kier molecular flexibility index (Phi) is 4.49. The van der Waals surface area contributed by atoms with Gasteiger partial charge in [-0.2, -0.15) is 0 Å². The van der Waals surface area contributed by atoms with Crippen molar-refractivity contribution in [1.82, 2.24) is 19.9 Å². The SMILES string of the molecule is Cc1nc(C(C)(C)O)oc1C(=O)N1CCc2[nH]cnc2[C@@H]1c1oc2ccc(F)cc2c1C. The minimum absolute atomic E-state index is 0.0610. The molecule has 1 amide bonds. The number of aryl methyl sites for hydroxylation is 2. The number of amides is 1. The fourth-order valence-electron chi connectivity index (χ4n) is 4.22. The molecule has 3 aromatic heterocycles. The van der Waals surface area contributed by atoms with E-state index in [9.17, 15) is 14.3 Å². The number of hydrogen-bond donors (Lipinski definition) is 2. The Hall–Kier alpha value is -3.46. The molecule has 8 nitrogen and oxygen atoms in total. The molecular formula is C23H23FN4O4. The Morgan fingerprint density at radius 1 is 1.31 bits per heavy atom. The normalized spacial score (nSPS) is 16.6. The molecule has 4 aromatic rings. The molecule has 0 radical (unpaired) electrons. The van der Waals surface area contributed by atoms with E-state index in [-0.39, 0.29) is 23.4 Å². The molecule has 1 aromatic carbocycles. The van der Waals surface area contributed by atoms with E-state index in [1.165, 1.54) is 12.1 Å². The van der Waals surface area contributed by atoms with Gasteiger partial charge < -0.3 is 23.8 Å². The van der Waals surface area contributed by atoms with E-state index in [1.54, 1.807) is 38.1 Å². The number of carbonyl (C=O) groups excluding carboxylic acids is 1. The first kappa shape index (κ1) is 20.4. The Bertz CT molecular complexity index is 1340. The second kappa shape index (κ2) is 7.03. The second-order valence-corrected chi connectivity index (χ2v) is 8.64. The molecule has 0 bridgehead atoms. The summed E-state index contributed by atoms with van der Waals surface area (Å²) in [5.74, 6) is -0.0860. The summed E-state index contributed by atoms with van der Waals surface area (Å²) in [6.07, 6.45) is 2.17. The molecule has 9 heteroatoms. The highest BCUT2D eigenvalue weighted by atomic mass is 19.1. The number of benzene rings is 1. The van der Waals surface area contributed by atoms with Gasteiger partial charge >= 0.3 is 0 Å². The lowest BCUT2D eigenvalue weighted by Crippen LogP contribution is -2.41.